The van der Waals surface area contributed by atoms with Crippen molar-refractivity contribution in [3.8, 4) is 0 Å². The lowest BCUT2D eigenvalue weighted by Crippen LogP contribution is -2.41. The molecule has 0 amide bonds. The first-order valence-electron chi connectivity index (χ1n) is 4.66. The van der Waals surface area contributed by atoms with Crippen molar-refractivity contribution >= 4 is 5.84 Å². The van der Waals surface area contributed by atoms with Crippen molar-refractivity contribution in [1.82, 2.24) is 5.43 Å². The van der Waals surface area contributed by atoms with Gasteiger partial charge in [0.25, 0.3) is 0 Å². The van der Waals surface area contributed by atoms with Crippen molar-refractivity contribution < 1.29 is 13.2 Å². The lowest BCUT2D eigenvalue weighted by molar-refractivity contribution is -0.0620. The number of hydrogen-bond acceptors (Lipinski definition) is 2. The third-order valence-corrected chi connectivity index (χ3v) is 1.92. The third-order valence-electron chi connectivity index (χ3n) is 1.92. The molecule has 0 atom stereocenters. The summed E-state index contributed by atoms with van der Waals surface area (Å²) in [6, 6.07) is 9.16. The number of hydrogen-bond donors (Lipinski definition) is 2. The molecule has 0 heterocycles. The van der Waals surface area contributed by atoms with Gasteiger partial charge >= 0.3 is 6.18 Å². The summed E-state index contributed by atoms with van der Waals surface area (Å²) in [4.78, 5) is 3.36. The van der Waals surface area contributed by atoms with Crippen LogP contribution >= 0.6 is 0 Å². The van der Waals surface area contributed by atoms with Gasteiger partial charge < -0.3 is 5.43 Å². The van der Waals surface area contributed by atoms with Crippen LogP contribution in [0.1, 0.15) is 5.56 Å². The Balaban J connectivity index is 2.53. The van der Waals surface area contributed by atoms with Crippen LogP contribution in [0.25, 0.3) is 0 Å². The van der Waals surface area contributed by atoms with Crippen LogP contribution in [0.3, 0.4) is 0 Å². The average Bonchev–Trinajstić information content (AvgIpc) is 2.24. The summed E-state index contributed by atoms with van der Waals surface area (Å²) >= 11 is 0. The fourth-order valence-corrected chi connectivity index (χ4v) is 1.16. The summed E-state index contributed by atoms with van der Waals surface area (Å²) in [5, 5.41) is 0. The fraction of sp³-hybridized carbons (Fsp3) is 0.300. The molecule has 0 aliphatic rings. The van der Waals surface area contributed by atoms with Crippen LogP contribution in [-0.2, 0) is 6.42 Å². The highest BCUT2D eigenvalue weighted by Gasteiger charge is 2.35. The Morgan fingerprint density at radius 3 is 2.38 bits per heavy atom. The zero-order valence-electron chi connectivity index (χ0n) is 8.46. The zero-order chi connectivity index (χ0) is 12.0. The summed E-state index contributed by atoms with van der Waals surface area (Å²) in [5.74, 6) is 3.59. The van der Waals surface area contributed by atoms with E-state index in [4.69, 9.17) is 5.84 Å². The predicted molar refractivity (Wildman–Crippen MR) is 55.8 cm³/mol. The van der Waals surface area contributed by atoms with E-state index in [9.17, 15) is 13.2 Å². The summed E-state index contributed by atoms with van der Waals surface area (Å²) in [6.45, 7) is 0.0447. The van der Waals surface area contributed by atoms with E-state index in [-0.39, 0.29) is 6.54 Å². The molecule has 6 heteroatoms. The van der Waals surface area contributed by atoms with E-state index in [1.807, 2.05) is 30.3 Å². The van der Waals surface area contributed by atoms with Crippen molar-refractivity contribution in [2.75, 3.05) is 6.54 Å². The Morgan fingerprint density at radius 1 is 1.25 bits per heavy atom. The second-order valence-corrected chi connectivity index (χ2v) is 3.11. The van der Waals surface area contributed by atoms with Gasteiger partial charge in [0, 0.05) is 6.54 Å². The maximum absolute atomic E-state index is 12.2. The standard InChI is InChI=1S/C10H12F3N3/c11-10(12,13)9(16-14)15-7-6-8-4-2-1-3-5-8/h1-5H,6-7,14H2,(H,15,16). The van der Waals surface area contributed by atoms with E-state index in [1.165, 1.54) is 0 Å². The van der Waals surface area contributed by atoms with E-state index in [0.717, 1.165) is 5.56 Å². The first-order valence-corrected chi connectivity index (χ1v) is 4.66. The molecule has 0 unspecified atom stereocenters. The smallest absolute Gasteiger partial charge is 0.305 e. The first kappa shape index (κ1) is 12.5. The van der Waals surface area contributed by atoms with Gasteiger partial charge in [-0.05, 0) is 12.0 Å². The van der Waals surface area contributed by atoms with Crippen LogP contribution in [-0.4, -0.2) is 18.6 Å². The minimum absolute atomic E-state index is 0.0447. The van der Waals surface area contributed by atoms with Crippen molar-refractivity contribution in [1.29, 1.82) is 0 Å². The molecule has 1 aromatic rings. The number of rotatable bonds is 3. The van der Waals surface area contributed by atoms with Gasteiger partial charge in [-0.2, -0.15) is 13.2 Å². The molecule has 0 aliphatic heterocycles. The minimum Gasteiger partial charge on any atom is -0.305 e. The van der Waals surface area contributed by atoms with Gasteiger partial charge in [0.05, 0.1) is 0 Å². The molecule has 1 aromatic carbocycles. The lowest BCUT2D eigenvalue weighted by Gasteiger charge is -2.08. The van der Waals surface area contributed by atoms with E-state index < -0.39 is 12.0 Å². The molecule has 0 radical (unpaired) electrons. The van der Waals surface area contributed by atoms with Crippen molar-refractivity contribution in [3.63, 3.8) is 0 Å². The number of nitrogens with zero attached hydrogens (tertiary/aromatic N) is 1. The van der Waals surface area contributed by atoms with E-state index in [0.29, 0.717) is 6.42 Å². The second-order valence-electron chi connectivity index (χ2n) is 3.11. The molecule has 3 nitrogen and oxygen atoms in total. The molecule has 0 spiro atoms. The first-order chi connectivity index (χ1) is 7.54. The van der Waals surface area contributed by atoms with Crippen LogP contribution in [0, 0.1) is 0 Å². The Labute approximate surface area is 91.1 Å². The SMILES string of the molecule is NNC(=NCCc1ccccc1)C(F)(F)F. The normalized spacial score (nSPS) is 12.6. The van der Waals surface area contributed by atoms with Crippen LogP contribution in [0.2, 0.25) is 0 Å². The van der Waals surface area contributed by atoms with Crippen LogP contribution in [0.5, 0.6) is 0 Å². The highest BCUT2D eigenvalue weighted by atomic mass is 19.4. The van der Waals surface area contributed by atoms with Crippen LogP contribution in [0.15, 0.2) is 35.3 Å². The van der Waals surface area contributed by atoms with Crippen molar-refractivity contribution in [2.24, 2.45) is 10.8 Å². The molecular formula is C10H12F3N3. The molecule has 3 N–H and O–H groups in total. The minimum atomic E-state index is -4.52. The van der Waals surface area contributed by atoms with Crippen LogP contribution in [0.4, 0.5) is 13.2 Å². The summed E-state index contributed by atoms with van der Waals surface area (Å²) in [6.07, 6.45) is -4.08. The molecule has 0 saturated heterocycles. The Kier molecular flexibility index (Phi) is 4.30. The van der Waals surface area contributed by atoms with Gasteiger partial charge in [-0.15, -0.1) is 0 Å². The lowest BCUT2D eigenvalue weighted by atomic mass is 10.2. The molecule has 0 fully saturated rings. The summed E-state index contributed by atoms with van der Waals surface area (Å²) < 4.78 is 36.5. The number of nitrogens with two attached hydrogens (primary N) is 1. The molecule has 0 aliphatic carbocycles. The zero-order valence-corrected chi connectivity index (χ0v) is 8.46. The number of halogens is 3. The quantitative estimate of drug-likeness (QED) is 0.359. The van der Waals surface area contributed by atoms with E-state index in [2.05, 4.69) is 4.99 Å². The number of hydrazine groups is 1. The third kappa shape index (κ3) is 3.90. The molecule has 0 saturated carbocycles. The van der Waals surface area contributed by atoms with Gasteiger partial charge in [0.2, 0.25) is 5.84 Å². The van der Waals surface area contributed by atoms with Crippen LogP contribution < -0.4 is 11.3 Å². The maximum atomic E-state index is 12.2. The van der Waals surface area contributed by atoms with Gasteiger partial charge in [0.15, 0.2) is 0 Å². The van der Waals surface area contributed by atoms with Gasteiger partial charge in [-0.25, -0.2) is 5.84 Å². The average molecular weight is 231 g/mol. The van der Waals surface area contributed by atoms with E-state index in [1.54, 1.807) is 5.43 Å². The van der Waals surface area contributed by atoms with Gasteiger partial charge in [0.1, 0.15) is 0 Å². The van der Waals surface area contributed by atoms with Gasteiger partial charge in [-0.1, -0.05) is 30.3 Å². The number of nitrogens with one attached hydrogen (secondary N) is 1. The Bertz CT molecular complexity index is 346. The fourth-order valence-electron chi connectivity index (χ4n) is 1.16. The monoisotopic (exact) mass is 231 g/mol. The number of alkyl halides is 3. The Hall–Kier alpha value is -1.56. The highest BCUT2D eigenvalue weighted by Crippen LogP contribution is 2.15. The number of amidine groups is 1. The van der Waals surface area contributed by atoms with Crippen molar-refractivity contribution in [3.05, 3.63) is 35.9 Å². The molecule has 0 aromatic heterocycles. The summed E-state index contributed by atoms with van der Waals surface area (Å²) in [7, 11) is 0. The number of benzene rings is 1. The second kappa shape index (κ2) is 5.50. The van der Waals surface area contributed by atoms with Crippen molar-refractivity contribution in [2.45, 2.75) is 12.6 Å². The molecule has 1 rings (SSSR count). The molecule has 88 valence electrons. The molecular weight excluding hydrogens is 219 g/mol. The number of aliphatic imine (C=N–C) groups is 1. The topological polar surface area (TPSA) is 50.4 Å². The van der Waals surface area contributed by atoms with Gasteiger partial charge in [-0.3, -0.25) is 4.99 Å². The summed E-state index contributed by atoms with van der Waals surface area (Å²) in [5.41, 5.74) is 2.49. The molecule has 0 bridgehead atoms. The molecule has 16 heavy (non-hydrogen) atoms. The Morgan fingerprint density at radius 2 is 1.88 bits per heavy atom. The largest absolute Gasteiger partial charge is 0.450 e. The predicted octanol–water partition coefficient (Wildman–Crippen LogP) is 1.65. The maximum Gasteiger partial charge on any atom is 0.450 e. The highest BCUT2D eigenvalue weighted by molar-refractivity contribution is 5.86. The van der Waals surface area contributed by atoms with E-state index >= 15 is 0 Å².